The molecule has 8 heteroatoms. The van der Waals surface area contributed by atoms with Crippen LogP contribution in [0.15, 0.2) is 0 Å². The third-order valence-electron chi connectivity index (χ3n) is 4.22. The lowest BCUT2D eigenvalue weighted by Gasteiger charge is -2.25. The maximum atomic E-state index is 12.4. The molecule has 4 amide bonds. The highest BCUT2D eigenvalue weighted by Crippen LogP contribution is 2.13. The molecular formula is C14H22N4O4. The first-order valence-electron chi connectivity index (χ1n) is 7.49. The van der Waals surface area contributed by atoms with Crippen LogP contribution in [0.4, 0.5) is 0 Å². The van der Waals surface area contributed by atoms with Gasteiger partial charge in [-0.05, 0) is 6.42 Å². The van der Waals surface area contributed by atoms with Gasteiger partial charge in [0, 0.05) is 46.1 Å². The Bertz CT molecular complexity index is 493. The van der Waals surface area contributed by atoms with Crippen molar-refractivity contribution >= 4 is 23.6 Å². The van der Waals surface area contributed by atoms with Crippen molar-refractivity contribution in [2.45, 2.75) is 19.8 Å². The van der Waals surface area contributed by atoms with Gasteiger partial charge in [-0.3, -0.25) is 19.2 Å². The molecule has 2 rings (SSSR count). The van der Waals surface area contributed by atoms with E-state index in [2.05, 4.69) is 0 Å². The van der Waals surface area contributed by atoms with Crippen LogP contribution in [0.2, 0.25) is 0 Å². The van der Waals surface area contributed by atoms with Crippen LogP contribution < -0.4 is 5.73 Å². The van der Waals surface area contributed by atoms with Gasteiger partial charge in [0.15, 0.2) is 0 Å². The normalized spacial score (nSPS) is 22.7. The molecule has 122 valence electrons. The Morgan fingerprint density at radius 1 is 1.14 bits per heavy atom. The smallest absolute Gasteiger partial charge is 0.242 e. The van der Waals surface area contributed by atoms with Crippen molar-refractivity contribution in [3.05, 3.63) is 0 Å². The van der Waals surface area contributed by atoms with E-state index in [4.69, 9.17) is 5.73 Å². The van der Waals surface area contributed by atoms with E-state index in [-0.39, 0.29) is 37.4 Å². The SMILES string of the molecule is CC(=O)N1CCN(C(=O)CN2CCCC2=O)C[C@H](C(N)=O)C1. The van der Waals surface area contributed by atoms with Gasteiger partial charge in [0.05, 0.1) is 12.5 Å². The Labute approximate surface area is 129 Å². The number of likely N-dealkylation sites (tertiary alicyclic amines) is 1. The van der Waals surface area contributed by atoms with Gasteiger partial charge in [-0.1, -0.05) is 0 Å². The average molecular weight is 310 g/mol. The molecule has 2 N–H and O–H groups in total. The molecular weight excluding hydrogens is 288 g/mol. The van der Waals surface area contributed by atoms with E-state index in [9.17, 15) is 19.2 Å². The van der Waals surface area contributed by atoms with Crippen LogP contribution in [-0.4, -0.2) is 77.6 Å². The lowest BCUT2D eigenvalue weighted by molar-refractivity contribution is -0.139. The van der Waals surface area contributed by atoms with E-state index in [1.165, 1.54) is 21.6 Å². The predicted octanol–water partition coefficient (Wildman–Crippen LogP) is -1.60. The Balaban J connectivity index is 2.02. The van der Waals surface area contributed by atoms with Crippen LogP contribution in [0.3, 0.4) is 0 Å². The summed E-state index contributed by atoms with van der Waals surface area (Å²) in [4.78, 5) is 51.6. The minimum Gasteiger partial charge on any atom is -0.369 e. The minimum absolute atomic E-state index is 0.0139. The van der Waals surface area contributed by atoms with Crippen molar-refractivity contribution in [3.8, 4) is 0 Å². The number of rotatable bonds is 3. The number of hydrogen-bond acceptors (Lipinski definition) is 4. The van der Waals surface area contributed by atoms with E-state index in [0.29, 0.717) is 26.1 Å². The maximum Gasteiger partial charge on any atom is 0.242 e. The Hall–Kier alpha value is -2.12. The number of carbonyl (C=O) groups is 4. The Kier molecular flexibility index (Phi) is 4.99. The van der Waals surface area contributed by atoms with Crippen LogP contribution in [0.5, 0.6) is 0 Å². The first-order valence-corrected chi connectivity index (χ1v) is 7.49. The zero-order valence-corrected chi connectivity index (χ0v) is 12.8. The second kappa shape index (κ2) is 6.76. The monoisotopic (exact) mass is 310 g/mol. The highest BCUT2D eigenvalue weighted by atomic mass is 16.2. The molecule has 0 bridgehead atoms. The molecule has 2 aliphatic rings. The number of nitrogens with two attached hydrogens (primary N) is 1. The number of amides is 4. The van der Waals surface area contributed by atoms with Gasteiger partial charge in [0.2, 0.25) is 23.6 Å². The highest BCUT2D eigenvalue weighted by Gasteiger charge is 2.31. The number of primary amides is 1. The van der Waals surface area contributed by atoms with Gasteiger partial charge < -0.3 is 20.4 Å². The summed E-state index contributed by atoms with van der Waals surface area (Å²) < 4.78 is 0. The molecule has 2 aliphatic heterocycles. The van der Waals surface area contributed by atoms with Gasteiger partial charge in [-0.15, -0.1) is 0 Å². The summed E-state index contributed by atoms with van der Waals surface area (Å²) in [5, 5.41) is 0. The minimum atomic E-state index is -0.579. The predicted molar refractivity (Wildman–Crippen MR) is 77.3 cm³/mol. The molecule has 8 nitrogen and oxygen atoms in total. The lowest BCUT2D eigenvalue weighted by Crippen LogP contribution is -2.45. The van der Waals surface area contributed by atoms with E-state index in [1.54, 1.807) is 0 Å². The van der Waals surface area contributed by atoms with Crippen molar-refractivity contribution < 1.29 is 19.2 Å². The standard InChI is InChI=1S/C14H22N4O4/c1-10(19)16-5-6-18(8-11(7-16)14(15)22)13(21)9-17-4-2-3-12(17)20/h11H,2-9H2,1H3,(H2,15,22)/t11-/m1/s1. The molecule has 1 atom stereocenters. The van der Waals surface area contributed by atoms with E-state index in [0.717, 1.165) is 6.42 Å². The zero-order chi connectivity index (χ0) is 16.3. The second-order valence-electron chi connectivity index (χ2n) is 5.82. The number of hydrogen-bond donors (Lipinski definition) is 1. The van der Waals surface area contributed by atoms with Gasteiger partial charge in [0.25, 0.3) is 0 Å². The molecule has 2 saturated heterocycles. The van der Waals surface area contributed by atoms with Gasteiger partial charge >= 0.3 is 0 Å². The first-order chi connectivity index (χ1) is 10.4. The summed E-state index contributed by atoms with van der Waals surface area (Å²) in [6.45, 7) is 3.21. The molecule has 0 saturated carbocycles. The quantitative estimate of drug-likeness (QED) is 0.678. The van der Waals surface area contributed by atoms with Crippen molar-refractivity contribution in [2.75, 3.05) is 39.3 Å². The van der Waals surface area contributed by atoms with Gasteiger partial charge in [0.1, 0.15) is 0 Å². The zero-order valence-electron chi connectivity index (χ0n) is 12.8. The van der Waals surface area contributed by atoms with E-state index in [1.807, 2.05) is 0 Å². The number of carbonyl (C=O) groups excluding carboxylic acids is 4. The molecule has 0 radical (unpaired) electrons. The largest absolute Gasteiger partial charge is 0.369 e. The second-order valence-corrected chi connectivity index (χ2v) is 5.82. The first kappa shape index (κ1) is 16.3. The van der Waals surface area contributed by atoms with Crippen molar-refractivity contribution in [3.63, 3.8) is 0 Å². The molecule has 0 aromatic rings. The number of nitrogens with zero attached hydrogens (tertiary/aromatic N) is 3. The van der Waals surface area contributed by atoms with Crippen molar-refractivity contribution in [1.82, 2.24) is 14.7 Å². The summed E-state index contributed by atoms with van der Waals surface area (Å²) in [5.41, 5.74) is 5.37. The molecule has 0 aromatic heterocycles. The summed E-state index contributed by atoms with van der Waals surface area (Å²) in [5.74, 6) is -1.46. The molecule has 2 heterocycles. The van der Waals surface area contributed by atoms with Crippen LogP contribution in [0, 0.1) is 5.92 Å². The van der Waals surface area contributed by atoms with Crippen LogP contribution in [0.1, 0.15) is 19.8 Å². The summed E-state index contributed by atoms with van der Waals surface area (Å²) in [6, 6.07) is 0. The van der Waals surface area contributed by atoms with Gasteiger partial charge in [-0.25, -0.2) is 0 Å². The fourth-order valence-corrected chi connectivity index (χ4v) is 2.84. The summed E-state index contributed by atoms with van der Waals surface area (Å²) in [7, 11) is 0. The molecule has 22 heavy (non-hydrogen) atoms. The third-order valence-corrected chi connectivity index (χ3v) is 4.22. The highest BCUT2D eigenvalue weighted by molar-refractivity contribution is 5.86. The van der Waals surface area contributed by atoms with Crippen LogP contribution in [0.25, 0.3) is 0 Å². The Morgan fingerprint density at radius 2 is 1.77 bits per heavy atom. The third kappa shape index (κ3) is 3.75. The molecule has 0 aromatic carbocycles. The molecule has 0 aliphatic carbocycles. The molecule has 2 fully saturated rings. The fourth-order valence-electron chi connectivity index (χ4n) is 2.84. The van der Waals surface area contributed by atoms with E-state index >= 15 is 0 Å². The topological polar surface area (TPSA) is 104 Å². The summed E-state index contributed by atoms with van der Waals surface area (Å²) in [6.07, 6.45) is 1.25. The summed E-state index contributed by atoms with van der Waals surface area (Å²) >= 11 is 0. The van der Waals surface area contributed by atoms with Crippen molar-refractivity contribution in [1.29, 1.82) is 0 Å². The van der Waals surface area contributed by atoms with Crippen LogP contribution >= 0.6 is 0 Å². The van der Waals surface area contributed by atoms with Gasteiger partial charge in [-0.2, -0.15) is 0 Å². The Morgan fingerprint density at radius 3 is 2.32 bits per heavy atom. The van der Waals surface area contributed by atoms with E-state index < -0.39 is 11.8 Å². The molecule has 0 unspecified atom stereocenters. The lowest BCUT2D eigenvalue weighted by atomic mass is 10.1. The van der Waals surface area contributed by atoms with Crippen molar-refractivity contribution in [2.24, 2.45) is 11.7 Å². The maximum absolute atomic E-state index is 12.4. The average Bonchev–Trinajstić information content (AvgIpc) is 2.74. The fraction of sp³-hybridized carbons (Fsp3) is 0.714. The van der Waals surface area contributed by atoms with Crippen LogP contribution in [-0.2, 0) is 19.2 Å². The molecule has 0 spiro atoms.